The summed E-state index contributed by atoms with van der Waals surface area (Å²) in [4.78, 5) is 0. The Hall–Kier alpha value is -1.84. The first-order chi connectivity index (χ1) is 6.86. The second-order valence-corrected chi connectivity index (χ2v) is 3.07. The van der Waals surface area contributed by atoms with Crippen LogP contribution in [0.15, 0.2) is 30.3 Å². The van der Waals surface area contributed by atoms with E-state index in [-0.39, 0.29) is 0 Å². The van der Waals surface area contributed by atoms with Gasteiger partial charge in [0.1, 0.15) is 0 Å². The van der Waals surface area contributed by atoms with Gasteiger partial charge in [-0.25, -0.2) is 0 Å². The van der Waals surface area contributed by atoms with Crippen molar-refractivity contribution in [1.29, 1.82) is 0 Å². The van der Waals surface area contributed by atoms with Gasteiger partial charge in [-0.2, -0.15) is 0 Å². The van der Waals surface area contributed by atoms with E-state index in [0.717, 1.165) is 17.8 Å². The van der Waals surface area contributed by atoms with Gasteiger partial charge in [0.2, 0.25) is 0 Å². The summed E-state index contributed by atoms with van der Waals surface area (Å²) in [5.74, 6) is 0. The Balaban J connectivity index is 2.24. The third-order valence-corrected chi connectivity index (χ3v) is 2.03. The molecule has 0 spiro atoms. The average Bonchev–Trinajstić information content (AvgIpc) is 2.23. The highest BCUT2D eigenvalue weighted by atomic mass is 15.4. The van der Waals surface area contributed by atoms with Gasteiger partial charge in [-0.05, 0) is 22.9 Å². The van der Waals surface area contributed by atoms with Gasteiger partial charge >= 0.3 is 0 Å². The largest absolute Gasteiger partial charge is 0.132 e. The Morgan fingerprint density at radius 2 is 1.71 bits per heavy atom. The first kappa shape index (κ1) is 8.74. The maximum atomic E-state index is 3.95. The van der Waals surface area contributed by atoms with Crippen LogP contribution in [0.1, 0.15) is 17.0 Å². The zero-order valence-electron chi connectivity index (χ0n) is 7.88. The minimum absolute atomic E-state index is 0.759. The van der Waals surface area contributed by atoms with Gasteiger partial charge in [0.15, 0.2) is 0 Å². The number of rotatable bonds is 2. The summed E-state index contributed by atoms with van der Waals surface area (Å²) in [6.07, 6.45) is 0.759. The van der Waals surface area contributed by atoms with Gasteiger partial charge in [0.25, 0.3) is 0 Å². The molecule has 70 valence electrons. The van der Waals surface area contributed by atoms with E-state index in [2.05, 4.69) is 32.8 Å². The van der Waals surface area contributed by atoms with Crippen molar-refractivity contribution >= 4 is 0 Å². The molecule has 0 fully saturated rings. The van der Waals surface area contributed by atoms with Crippen molar-refractivity contribution < 1.29 is 0 Å². The van der Waals surface area contributed by atoms with E-state index >= 15 is 0 Å². The summed E-state index contributed by atoms with van der Waals surface area (Å²) >= 11 is 0. The Labute approximate surface area is 82.0 Å². The van der Waals surface area contributed by atoms with Crippen LogP contribution in [0.4, 0.5) is 0 Å². The first-order valence-corrected chi connectivity index (χ1v) is 4.42. The van der Waals surface area contributed by atoms with Gasteiger partial charge in [-0.15, -0.1) is 10.2 Å². The maximum Gasteiger partial charge on any atom is 0.0923 e. The zero-order chi connectivity index (χ0) is 9.80. The lowest BCUT2D eigenvalue weighted by atomic mass is 10.1. The second-order valence-electron chi connectivity index (χ2n) is 3.07. The van der Waals surface area contributed by atoms with E-state index in [1.54, 1.807) is 0 Å². The SMILES string of the molecule is Cc1nnnnc1Cc1ccccc1. The third-order valence-electron chi connectivity index (χ3n) is 2.03. The number of aromatic nitrogens is 4. The monoisotopic (exact) mass is 186 g/mol. The van der Waals surface area contributed by atoms with Crippen LogP contribution in [0.2, 0.25) is 0 Å². The number of benzene rings is 1. The molecule has 0 radical (unpaired) electrons. The molecule has 14 heavy (non-hydrogen) atoms. The van der Waals surface area contributed by atoms with Crippen molar-refractivity contribution in [2.45, 2.75) is 13.3 Å². The minimum atomic E-state index is 0.759. The van der Waals surface area contributed by atoms with E-state index in [9.17, 15) is 0 Å². The fourth-order valence-corrected chi connectivity index (χ4v) is 1.24. The average molecular weight is 186 g/mol. The van der Waals surface area contributed by atoms with Crippen LogP contribution in [0.5, 0.6) is 0 Å². The molecule has 0 saturated carbocycles. The first-order valence-electron chi connectivity index (χ1n) is 4.42. The summed E-state index contributed by atoms with van der Waals surface area (Å²) < 4.78 is 0. The quantitative estimate of drug-likeness (QED) is 0.706. The molecule has 4 nitrogen and oxygen atoms in total. The molecule has 0 atom stereocenters. The van der Waals surface area contributed by atoms with Crippen molar-refractivity contribution in [1.82, 2.24) is 20.6 Å². The van der Waals surface area contributed by atoms with Gasteiger partial charge < -0.3 is 0 Å². The van der Waals surface area contributed by atoms with Crippen LogP contribution >= 0.6 is 0 Å². The number of hydrogen-bond acceptors (Lipinski definition) is 4. The van der Waals surface area contributed by atoms with Crippen LogP contribution in [-0.2, 0) is 6.42 Å². The highest BCUT2D eigenvalue weighted by molar-refractivity contribution is 5.22. The molecule has 1 aromatic heterocycles. The Morgan fingerprint density at radius 3 is 2.43 bits per heavy atom. The van der Waals surface area contributed by atoms with E-state index in [4.69, 9.17) is 0 Å². The van der Waals surface area contributed by atoms with E-state index in [1.807, 2.05) is 25.1 Å². The van der Waals surface area contributed by atoms with Crippen LogP contribution in [0.3, 0.4) is 0 Å². The standard InChI is InChI=1S/C10H10N4/c1-8-10(12-14-13-11-8)7-9-5-3-2-4-6-9/h2-6H,7H2,1H3. The van der Waals surface area contributed by atoms with Crippen LogP contribution in [0.25, 0.3) is 0 Å². The number of nitrogens with zero attached hydrogens (tertiary/aromatic N) is 4. The second kappa shape index (κ2) is 3.91. The maximum absolute atomic E-state index is 3.95. The van der Waals surface area contributed by atoms with Crippen LogP contribution < -0.4 is 0 Å². The topological polar surface area (TPSA) is 51.6 Å². The summed E-state index contributed by atoms with van der Waals surface area (Å²) in [5, 5.41) is 14.8. The number of hydrogen-bond donors (Lipinski definition) is 0. The molecule has 0 N–H and O–H groups in total. The Morgan fingerprint density at radius 1 is 1.00 bits per heavy atom. The lowest BCUT2D eigenvalue weighted by Gasteiger charge is -2.00. The molecule has 0 saturated heterocycles. The molecule has 2 aromatic rings. The highest BCUT2D eigenvalue weighted by Gasteiger charge is 2.02. The van der Waals surface area contributed by atoms with Gasteiger partial charge in [0.05, 0.1) is 11.4 Å². The zero-order valence-corrected chi connectivity index (χ0v) is 7.88. The molecular formula is C10H10N4. The van der Waals surface area contributed by atoms with E-state index < -0.39 is 0 Å². The molecule has 1 aromatic carbocycles. The van der Waals surface area contributed by atoms with E-state index in [0.29, 0.717) is 0 Å². The minimum Gasteiger partial charge on any atom is -0.132 e. The molecule has 4 heteroatoms. The van der Waals surface area contributed by atoms with Crippen LogP contribution in [0, 0.1) is 6.92 Å². The molecular weight excluding hydrogens is 176 g/mol. The molecule has 0 aliphatic carbocycles. The molecule has 0 unspecified atom stereocenters. The fraction of sp³-hybridized carbons (Fsp3) is 0.200. The Kier molecular flexibility index (Phi) is 2.44. The van der Waals surface area contributed by atoms with Gasteiger partial charge in [0, 0.05) is 6.42 Å². The van der Waals surface area contributed by atoms with Gasteiger partial charge in [-0.3, -0.25) is 0 Å². The van der Waals surface area contributed by atoms with E-state index in [1.165, 1.54) is 5.56 Å². The molecule has 2 rings (SSSR count). The van der Waals surface area contributed by atoms with Crippen LogP contribution in [-0.4, -0.2) is 20.6 Å². The molecule has 0 aliphatic heterocycles. The number of aryl methyl sites for hydroxylation is 1. The lowest BCUT2D eigenvalue weighted by Crippen LogP contribution is -2.03. The predicted molar refractivity (Wildman–Crippen MR) is 51.6 cm³/mol. The summed E-state index contributed by atoms with van der Waals surface area (Å²) in [5.41, 5.74) is 2.92. The predicted octanol–water partition coefficient (Wildman–Crippen LogP) is 1.17. The highest BCUT2D eigenvalue weighted by Crippen LogP contribution is 2.07. The van der Waals surface area contributed by atoms with Crippen molar-refractivity contribution in [3.05, 3.63) is 47.3 Å². The third kappa shape index (κ3) is 1.90. The smallest absolute Gasteiger partial charge is 0.0923 e. The van der Waals surface area contributed by atoms with Crippen molar-refractivity contribution in [3.63, 3.8) is 0 Å². The summed E-state index contributed by atoms with van der Waals surface area (Å²) in [7, 11) is 0. The fourth-order valence-electron chi connectivity index (χ4n) is 1.24. The van der Waals surface area contributed by atoms with Gasteiger partial charge in [-0.1, -0.05) is 30.3 Å². The van der Waals surface area contributed by atoms with Crippen molar-refractivity contribution in [2.75, 3.05) is 0 Å². The molecule has 1 heterocycles. The normalized spacial score (nSPS) is 10.1. The molecule has 0 aliphatic rings. The summed E-state index contributed by atoms with van der Waals surface area (Å²) in [6.45, 7) is 1.89. The summed E-state index contributed by atoms with van der Waals surface area (Å²) in [6, 6.07) is 10.1. The molecule has 0 bridgehead atoms. The lowest BCUT2D eigenvalue weighted by molar-refractivity contribution is 0.711. The Bertz CT molecular complexity index is 413. The molecule has 0 amide bonds. The van der Waals surface area contributed by atoms with Crippen molar-refractivity contribution in [2.24, 2.45) is 0 Å². The van der Waals surface area contributed by atoms with Crippen molar-refractivity contribution in [3.8, 4) is 0 Å².